The summed E-state index contributed by atoms with van der Waals surface area (Å²) in [5, 5.41) is 0.537. The molecule has 0 radical (unpaired) electrons. The molecule has 0 aliphatic heterocycles. The number of ether oxygens (including phenoxy) is 1. The van der Waals surface area contributed by atoms with E-state index >= 15 is 0 Å². The van der Waals surface area contributed by atoms with Gasteiger partial charge in [-0.1, -0.05) is 6.07 Å². The topological polar surface area (TPSA) is 48.3 Å². The summed E-state index contributed by atoms with van der Waals surface area (Å²) in [6.07, 6.45) is 1.53. The predicted molar refractivity (Wildman–Crippen MR) is 77.9 cm³/mol. The van der Waals surface area contributed by atoms with Crippen LogP contribution in [0.25, 0.3) is 10.9 Å². The number of aryl methyl sites for hydroxylation is 1. The minimum Gasteiger partial charge on any atom is -0.462 e. The molecule has 0 spiro atoms. The number of hydrogen-bond acceptors (Lipinski definition) is 3. The van der Waals surface area contributed by atoms with E-state index in [4.69, 9.17) is 4.74 Å². The van der Waals surface area contributed by atoms with Gasteiger partial charge in [0.2, 0.25) is 5.43 Å². The van der Waals surface area contributed by atoms with Crippen LogP contribution in [0, 0.1) is 3.57 Å². The lowest BCUT2D eigenvalue weighted by molar-refractivity contribution is 0.0524. The molecule has 2 aromatic rings. The Balaban J connectivity index is 2.78. The van der Waals surface area contributed by atoms with Crippen molar-refractivity contribution in [2.75, 3.05) is 6.61 Å². The fourth-order valence-corrected chi connectivity index (χ4v) is 2.75. The van der Waals surface area contributed by atoms with Gasteiger partial charge in [0.1, 0.15) is 5.56 Å². The Kier molecular flexibility index (Phi) is 3.70. The number of carbonyl (C=O) groups excluding carboxylic acids is 1. The van der Waals surface area contributed by atoms with Gasteiger partial charge in [-0.25, -0.2) is 4.79 Å². The zero-order valence-corrected chi connectivity index (χ0v) is 12.2. The second kappa shape index (κ2) is 5.09. The normalized spacial score (nSPS) is 10.6. The fourth-order valence-electron chi connectivity index (χ4n) is 1.87. The van der Waals surface area contributed by atoms with Gasteiger partial charge >= 0.3 is 5.97 Å². The molecular formula is C13H12INO3. The van der Waals surface area contributed by atoms with E-state index in [0.29, 0.717) is 5.39 Å². The number of nitrogens with zero attached hydrogens (tertiary/aromatic N) is 1. The molecule has 0 aliphatic carbocycles. The van der Waals surface area contributed by atoms with Crippen LogP contribution >= 0.6 is 22.6 Å². The molecule has 1 heterocycles. The molecular weight excluding hydrogens is 345 g/mol. The Morgan fingerprint density at radius 3 is 2.83 bits per heavy atom. The number of benzene rings is 1. The zero-order chi connectivity index (χ0) is 13.3. The van der Waals surface area contributed by atoms with Crippen LogP contribution in [0.15, 0.2) is 29.2 Å². The Hall–Kier alpha value is -1.37. The Bertz CT molecular complexity index is 676. The zero-order valence-electron chi connectivity index (χ0n) is 10.1. The first-order valence-electron chi connectivity index (χ1n) is 5.51. The third-order valence-electron chi connectivity index (χ3n) is 2.65. The molecule has 1 aromatic carbocycles. The number of aromatic nitrogens is 1. The van der Waals surface area contributed by atoms with E-state index in [2.05, 4.69) is 22.6 Å². The van der Waals surface area contributed by atoms with E-state index in [0.717, 1.165) is 9.09 Å². The highest BCUT2D eigenvalue weighted by Gasteiger charge is 2.16. The highest BCUT2D eigenvalue weighted by molar-refractivity contribution is 14.1. The van der Waals surface area contributed by atoms with E-state index < -0.39 is 5.97 Å². The number of pyridine rings is 1. The van der Waals surface area contributed by atoms with Crippen LogP contribution in [-0.4, -0.2) is 17.1 Å². The van der Waals surface area contributed by atoms with Crippen molar-refractivity contribution >= 4 is 39.5 Å². The van der Waals surface area contributed by atoms with Gasteiger partial charge in [-0.15, -0.1) is 0 Å². The number of halogens is 1. The minimum absolute atomic E-state index is 0.0776. The molecule has 0 unspecified atom stereocenters. The lowest BCUT2D eigenvalue weighted by Crippen LogP contribution is -2.20. The number of carbonyl (C=O) groups is 1. The van der Waals surface area contributed by atoms with Gasteiger partial charge in [0.05, 0.1) is 12.1 Å². The standard InChI is InChI=1S/C13H12INO3/c1-3-18-13(17)9-7-15(2)11-8(12(9)16)5-4-6-10(11)14/h4-7H,3H2,1-2H3. The number of para-hydroxylation sites is 1. The lowest BCUT2D eigenvalue weighted by Gasteiger charge is -2.09. The molecule has 2 rings (SSSR count). The molecule has 0 saturated carbocycles. The van der Waals surface area contributed by atoms with Crippen molar-refractivity contribution in [1.29, 1.82) is 0 Å². The summed E-state index contributed by atoms with van der Waals surface area (Å²) in [4.78, 5) is 23.9. The number of hydrogen-bond donors (Lipinski definition) is 0. The summed E-state index contributed by atoms with van der Waals surface area (Å²) in [6, 6.07) is 5.45. The van der Waals surface area contributed by atoms with Gasteiger partial charge in [0.25, 0.3) is 0 Å². The van der Waals surface area contributed by atoms with Crippen molar-refractivity contribution in [3.05, 3.63) is 43.8 Å². The number of fused-ring (bicyclic) bond motifs is 1. The van der Waals surface area contributed by atoms with Gasteiger partial charge in [-0.3, -0.25) is 4.79 Å². The summed E-state index contributed by atoms with van der Waals surface area (Å²) in [5.41, 5.74) is 0.630. The quantitative estimate of drug-likeness (QED) is 0.612. The van der Waals surface area contributed by atoms with Crippen molar-refractivity contribution in [3.63, 3.8) is 0 Å². The second-order valence-electron chi connectivity index (χ2n) is 3.84. The second-order valence-corrected chi connectivity index (χ2v) is 5.00. The van der Waals surface area contributed by atoms with Crippen LogP contribution in [0.3, 0.4) is 0 Å². The Morgan fingerprint density at radius 2 is 2.17 bits per heavy atom. The smallest absolute Gasteiger partial charge is 0.343 e. The van der Waals surface area contributed by atoms with E-state index in [1.54, 1.807) is 23.6 Å². The van der Waals surface area contributed by atoms with Crippen molar-refractivity contribution in [1.82, 2.24) is 4.57 Å². The highest BCUT2D eigenvalue weighted by Crippen LogP contribution is 2.18. The van der Waals surface area contributed by atoms with E-state index in [1.807, 2.05) is 13.1 Å². The molecule has 4 nitrogen and oxygen atoms in total. The predicted octanol–water partition coefficient (Wildman–Crippen LogP) is 2.32. The molecule has 0 bridgehead atoms. The first-order chi connectivity index (χ1) is 8.56. The van der Waals surface area contributed by atoms with E-state index in [9.17, 15) is 9.59 Å². The SMILES string of the molecule is CCOC(=O)c1cn(C)c2c(I)cccc2c1=O. The van der Waals surface area contributed by atoms with Crippen molar-refractivity contribution in [3.8, 4) is 0 Å². The third kappa shape index (κ3) is 2.14. The summed E-state index contributed by atoms with van der Waals surface area (Å²) in [6.45, 7) is 1.97. The molecule has 0 amide bonds. The average molecular weight is 357 g/mol. The maximum absolute atomic E-state index is 12.2. The molecule has 1 aromatic heterocycles. The monoisotopic (exact) mass is 357 g/mol. The molecule has 0 saturated heterocycles. The van der Waals surface area contributed by atoms with Gasteiger partial charge in [-0.2, -0.15) is 0 Å². The van der Waals surface area contributed by atoms with Gasteiger partial charge in [-0.05, 0) is 41.6 Å². The summed E-state index contributed by atoms with van der Waals surface area (Å²) >= 11 is 2.17. The van der Waals surface area contributed by atoms with Crippen LogP contribution in [0.4, 0.5) is 0 Å². The first kappa shape index (κ1) is 13.1. The summed E-state index contributed by atoms with van der Waals surface area (Å²) < 4.78 is 7.64. The third-order valence-corrected chi connectivity index (χ3v) is 3.52. The maximum Gasteiger partial charge on any atom is 0.343 e. The largest absolute Gasteiger partial charge is 0.462 e. The maximum atomic E-state index is 12.2. The lowest BCUT2D eigenvalue weighted by atomic mass is 10.1. The molecule has 18 heavy (non-hydrogen) atoms. The molecule has 0 aliphatic rings. The van der Waals surface area contributed by atoms with Crippen LogP contribution in [-0.2, 0) is 11.8 Å². The van der Waals surface area contributed by atoms with Crippen molar-refractivity contribution < 1.29 is 9.53 Å². The molecule has 5 heteroatoms. The molecule has 0 fully saturated rings. The number of rotatable bonds is 2. The first-order valence-corrected chi connectivity index (χ1v) is 6.59. The fraction of sp³-hybridized carbons (Fsp3) is 0.231. The summed E-state index contributed by atoms with van der Waals surface area (Å²) in [7, 11) is 1.81. The van der Waals surface area contributed by atoms with E-state index in [-0.39, 0.29) is 17.6 Å². The number of esters is 1. The molecule has 94 valence electrons. The van der Waals surface area contributed by atoms with Crippen molar-refractivity contribution in [2.24, 2.45) is 7.05 Å². The average Bonchev–Trinajstić information content (AvgIpc) is 2.33. The summed E-state index contributed by atoms with van der Waals surface area (Å²) in [5.74, 6) is -0.570. The Morgan fingerprint density at radius 1 is 1.44 bits per heavy atom. The molecule has 0 atom stereocenters. The van der Waals surface area contributed by atoms with Crippen molar-refractivity contribution in [2.45, 2.75) is 6.92 Å². The van der Waals surface area contributed by atoms with Crippen LogP contribution in [0.2, 0.25) is 0 Å². The van der Waals surface area contributed by atoms with Gasteiger partial charge in [0, 0.05) is 22.2 Å². The molecule has 0 N–H and O–H groups in total. The van der Waals surface area contributed by atoms with E-state index in [1.165, 1.54) is 6.20 Å². The Labute approximate surface area is 118 Å². The van der Waals surface area contributed by atoms with Gasteiger partial charge in [0.15, 0.2) is 0 Å². The van der Waals surface area contributed by atoms with Crippen LogP contribution in [0.1, 0.15) is 17.3 Å². The van der Waals surface area contributed by atoms with Gasteiger partial charge < -0.3 is 9.30 Å². The van der Waals surface area contributed by atoms with Crippen LogP contribution in [0.5, 0.6) is 0 Å². The van der Waals surface area contributed by atoms with Crippen LogP contribution < -0.4 is 5.43 Å². The highest BCUT2D eigenvalue weighted by atomic mass is 127. The minimum atomic E-state index is -0.570.